The Morgan fingerprint density at radius 3 is 2.42 bits per heavy atom. The molecule has 0 atom stereocenters. The average Bonchev–Trinajstić information content (AvgIpc) is 2.39. The number of pyridine rings is 1. The molecule has 0 saturated heterocycles. The second-order valence-corrected chi connectivity index (χ2v) is 4.92. The number of benzene rings is 1. The molecular weight excluding hydrogens is 271 g/mol. The van der Waals surface area contributed by atoms with Crippen LogP contribution in [0.4, 0.5) is 9.57 Å². The van der Waals surface area contributed by atoms with E-state index in [-0.39, 0.29) is 11.4 Å². The Labute approximate surface area is 109 Å². The summed E-state index contributed by atoms with van der Waals surface area (Å²) in [5.41, 5.74) is -0.0192. The fourth-order valence-electron chi connectivity index (χ4n) is 1.47. The van der Waals surface area contributed by atoms with Crippen molar-refractivity contribution in [1.29, 1.82) is 0 Å². The summed E-state index contributed by atoms with van der Waals surface area (Å²) in [6, 6.07) is 9.93. The van der Waals surface area contributed by atoms with E-state index >= 15 is 0 Å². The lowest BCUT2D eigenvalue weighted by Gasteiger charge is -2.07. The molecule has 1 amide bonds. The molecule has 1 aromatic carbocycles. The molecule has 0 spiro atoms. The van der Waals surface area contributed by atoms with Gasteiger partial charge in [-0.15, -0.1) is 3.89 Å². The molecule has 0 aliphatic carbocycles. The summed E-state index contributed by atoms with van der Waals surface area (Å²) in [4.78, 5) is 15.0. The second kappa shape index (κ2) is 5.15. The smallest absolute Gasteiger partial charge is 0.319 e. The van der Waals surface area contributed by atoms with E-state index in [2.05, 4.69) is 10.3 Å². The highest BCUT2D eigenvalue weighted by atomic mass is 32.3. The van der Waals surface area contributed by atoms with Gasteiger partial charge in [0.25, 0.3) is 5.91 Å². The van der Waals surface area contributed by atoms with Gasteiger partial charge in [-0.1, -0.05) is 18.2 Å². The van der Waals surface area contributed by atoms with Crippen LogP contribution in [-0.2, 0) is 10.2 Å². The molecule has 2 aromatic rings. The molecule has 1 heterocycles. The summed E-state index contributed by atoms with van der Waals surface area (Å²) in [6.45, 7) is 0. The molecule has 1 N–H and O–H groups in total. The summed E-state index contributed by atoms with van der Waals surface area (Å²) in [6.07, 6.45) is 1.42. The number of carbonyl (C=O) groups excluding carboxylic acids is 1. The quantitative estimate of drug-likeness (QED) is 0.872. The normalized spacial score (nSPS) is 11.0. The van der Waals surface area contributed by atoms with Crippen LogP contribution in [0.1, 0.15) is 10.5 Å². The van der Waals surface area contributed by atoms with E-state index in [1.165, 1.54) is 30.5 Å². The molecule has 7 heteroatoms. The Hall–Kier alpha value is -2.28. The number of aromatic nitrogens is 1. The first-order valence-corrected chi connectivity index (χ1v) is 6.63. The van der Waals surface area contributed by atoms with Crippen LogP contribution in [0.2, 0.25) is 0 Å². The number of hydrogen-bond donors (Lipinski definition) is 1. The number of carbonyl (C=O) groups is 1. The predicted molar refractivity (Wildman–Crippen MR) is 66.9 cm³/mol. The lowest BCUT2D eigenvalue weighted by molar-refractivity contribution is 0.102. The van der Waals surface area contributed by atoms with Crippen LogP contribution < -0.4 is 5.32 Å². The topological polar surface area (TPSA) is 76.1 Å². The molecule has 0 radical (unpaired) electrons. The Morgan fingerprint density at radius 2 is 1.79 bits per heavy atom. The van der Waals surface area contributed by atoms with Crippen molar-refractivity contribution in [3.63, 3.8) is 0 Å². The van der Waals surface area contributed by atoms with E-state index in [4.69, 9.17) is 0 Å². The fraction of sp³-hybridized carbons (Fsp3) is 0. The largest absolute Gasteiger partial charge is 0.334 e. The SMILES string of the molecule is O=C(Nc1ccccc1S(=O)(=O)F)c1ccccn1. The van der Waals surface area contributed by atoms with Gasteiger partial charge in [0.15, 0.2) is 0 Å². The van der Waals surface area contributed by atoms with Gasteiger partial charge >= 0.3 is 10.2 Å². The summed E-state index contributed by atoms with van der Waals surface area (Å²) >= 11 is 0. The summed E-state index contributed by atoms with van der Waals surface area (Å²) in [5, 5.41) is 2.31. The Morgan fingerprint density at radius 1 is 1.11 bits per heavy atom. The monoisotopic (exact) mass is 280 g/mol. The van der Waals surface area contributed by atoms with E-state index in [0.717, 1.165) is 6.07 Å². The van der Waals surface area contributed by atoms with Crippen LogP contribution in [0.5, 0.6) is 0 Å². The third-order valence-corrected chi connectivity index (χ3v) is 3.18. The molecule has 0 aliphatic rings. The van der Waals surface area contributed by atoms with Gasteiger partial charge in [0.05, 0.1) is 5.69 Å². The summed E-state index contributed by atoms with van der Waals surface area (Å²) in [7, 11) is -4.90. The molecular formula is C12H9FN2O3S. The first-order valence-electron chi connectivity index (χ1n) is 5.24. The molecule has 0 aliphatic heterocycles. The van der Waals surface area contributed by atoms with Gasteiger partial charge in [-0.25, -0.2) is 0 Å². The zero-order valence-corrected chi connectivity index (χ0v) is 10.4. The molecule has 98 valence electrons. The number of rotatable bonds is 3. The maximum Gasteiger partial charge on any atom is 0.334 e. The van der Waals surface area contributed by atoms with Crippen molar-refractivity contribution in [2.75, 3.05) is 5.32 Å². The average molecular weight is 280 g/mol. The van der Waals surface area contributed by atoms with Crippen LogP contribution >= 0.6 is 0 Å². The van der Waals surface area contributed by atoms with Crippen LogP contribution in [0.15, 0.2) is 53.6 Å². The first-order chi connectivity index (χ1) is 8.98. The van der Waals surface area contributed by atoms with Gasteiger partial charge in [0.2, 0.25) is 0 Å². The Bertz CT molecular complexity index is 702. The lowest BCUT2D eigenvalue weighted by atomic mass is 10.3. The molecule has 2 rings (SSSR count). The van der Waals surface area contributed by atoms with Gasteiger partial charge in [-0.2, -0.15) is 8.42 Å². The van der Waals surface area contributed by atoms with Crippen molar-refractivity contribution in [2.45, 2.75) is 4.90 Å². The maximum atomic E-state index is 13.0. The number of para-hydroxylation sites is 1. The number of amides is 1. The third kappa shape index (κ3) is 3.14. The van der Waals surface area contributed by atoms with E-state index in [9.17, 15) is 17.1 Å². The van der Waals surface area contributed by atoms with Gasteiger partial charge in [-0.05, 0) is 24.3 Å². The standard InChI is InChI=1S/C12H9FN2O3S/c13-19(17,18)11-7-2-1-5-9(11)15-12(16)10-6-3-4-8-14-10/h1-8H,(H,15,16). The molecule has 0 fully saturated rings. The third-order valence-electron chi connectivity index (χ3n) is 2.30. The van der Waals surface area contributed by atoms with E-state index < -0.39 is 21.0 Å². The Balaban J connectivity index is 2.33. The highest BCUT2D eigenvalue weighted by Gasteiger charge is 2.18. The van der Waals surface area contributed by atoms with Crippen molar-refractivity contribution in [2.24, 2.45) is 0 Å². The van der Waals surface area contributed by atoms with Gasteiger partial charge in [0.1, 0.15) is 10.6 Å². The predicted octanol–water partition coefficient (Wildman–Crippen LogP) is 1.99. The second-order valence-electron chi connectivity index (χ2n) is 3.60. The number of halogens is 1. The van der Waals surface area contributed by atoms with E-state index in [1.807, 2.05) is 0 Å². The number of anilines is 1. The minimum absolute atomic E-state index is 0.105. The highest BCUT2D eigenvalue weighted by Crippen LogP contribution is 2.22. The minimum Gasteiger partial charge on any atom is -0.319 e. The first kappa shape index (κ1) is 13.2. The van der Waals surface area contributed by atoms with Gasteiger partial charge < -0.3 is 5.32 Å². The van der Waals surface area contributed by atoms with Gasteiger partial charge in [-0.3, -0.25) is 9.78 Å². The number of hydrogen-bond acceptors (Lipinski definition) is 4. The zero-order valence-electron chi connectivity index (χ0n) is 9.58. The lowest BCUT2D eigenvalue weighted by Crippen LogP contribution is -2.15. The van der Waals surface area contributed by atoms with Crippen LogP contribution in [0.25, 0.3) is 0 Å². The number of nitrogens with one attached hydrogen (secondary N) is 1. The van der Waals surface area contributed by atoms with Crippen molar-refractivity contribution >= 4 is 21.8 Å². The maximum absolute atomic E-state index is 13.0. The van der Waals surface area contributed by atoms with Gasteiger partial charge in [0, 0.05) is 6.20 Å². The van der Waals surface area contributed by atoms with E-state index in [1.54, 1.807) is 12.1 Å². The zero-order chi connectivity index (χ0) is 13.9. The molecule has 0 saturated carbocycles. The molecule has 0 unspecified atom stereocenters. The molecule has 0 bridgehead atoms. The summed E-state index contributed by atoms with van der Waals surface area (Å²) < 4.78 is 34.9. The van der Waals surface area contributed by atoms with Crippen molar-refractivity contribution in [3.8, 4) is 0 Å². The van der Waals surface area contributed by atoms with Crippen molar-refractivity contribution in [3.05, 3.63) is 54.4 Å². The van der Waals surface area contributed by atoms with Crippen LogP contribution in [0, 0.1) is 0 Å². The Kier molecular flexibility index (Phi) is 3.57. The number of nitrogens with zero attached hydrogens (tertiary/aromatic N) is 1. The highest BCUT2D eigenvalue weighted by molar-refractivity contribution is 7.86. The fourth-order valence-corrected chi connectivity index (χ4v) is 2.09. The molecule has 1 aromatic heterocycles. The van der Waals surface area contributed by atoms with Crippen molar-refractivity contribution < 1.29 is 17.1 Å². The molecule has 5 nitrogen and oxygen atoms in total. The summed E-state index contributed by atoms with van der Waals surface area (Å²) in [5.74, 6) is -0.614. The van der Waals surface area contributed by atoms with E-state index in [0.29, 0.717) is 0 Å². The van der Waals surface area contributed by atoms with Crippen molar-refractivity contribution in [1.82, 2.24) is 4.98 Å². The van der Waals surface area contributed by atoms with Crippen LogP contribution in [0.3, 0.4) is 0 Å². The molecule has 19 heavy (non-hydrogen) atoms. The van der Waals surface area contributed by atoms with Crippen LogP contribution in [-0.4, -0.2) is 19.3 Å². The minimum atomic E-state index is -4.90.